The molecule has 0 spiro atoms. The molecule has 4 rings (SSSR count). The van der Waals surface area contributed by atoms with Crippen molar-refractivity contribution >= 4 is 17.3 Å². The Bertz CT molecular complexity index is 1040. The van der Waals surface area contributed by atoms with Gasteiger partial charge in [-0.25, -0.2) is 4.98 Å². The summed E-state index contributed by atoms with van der Waals surface area (Å²) >= 11 is 1.65. The summed E-state index contributed by atoms with van der Waals surface area (Å²) < 4.78 is 11.7. The van der Waals surface area contributed by atoms with E-state index in [0.29, 0.717) is 31.5 Å². The highest BCUT2D eigenvalue weighted by atomic mass is 32.1. The predicted molar refractivity (Wildman–Crippen MR) is 128 cm³/mol. The number of thiazole rings is 1. The van der Waals surface area contributed by atoms with Crippen LogP contribution in [0.5, 0.6) is 0 Å². The lowest BCUT2D eigenvalue weighted by molar-refractivity contribution is -0.137. The molecule has 2 aromatic heterocycles. The van der Waals surface area contributed by atoms with E-state index in [1.807, 2.05) is 36.5 Å². The molecule has 33 heavy (non-hydrogen) atoms. The zero-order valence-corrected chi connectivity index (χ0v) is 20.1. The monoisotopic (exact) mass is 468 g/mol. The van der Waals surface area contributed by atoms with Crippen molar-refractivity contribution < 1.29 is 19.2 Å². The van der Waals surface area contributed by atoms with Crippen molar-refractivity contribution in [3.8, 4) is 10.6 Å². The van der Waals surface area contributed by atoms with Crippen molar-refractivity contribution in [2.24, 2.45) is 5.92 Å². The molecule has 0 radical (unpaired) electrons. The molecule has 0 aliphatic heterocycles. The van der Waals surface area contributed by atoms with Gasteiger partial charge >= 0.3 is 5.97 Å². The number of aromatic nitrogens is 2. The maximum absolute atomic E-state index is 11.6. The van der Waals surface area contributed by atoms with Gasteiger partial charge in [-0.2, -0.15) is 0 Å². The summed E-state index contributed by atoms with van der Waals surface area (Å²) in [7, 11) is 0. The van der Waals surface area contributed by atoms with Crippen LogP contribution in [0.1, 0.15) is 79.6 Å². The Morgan fingerprint density at radius 3 is 2.76 bits per heavy atom. The van der Waals surface area contributed by atoms with E-state index in [1.54, 1.807) is 11.3 Å². The maximum Gasteiger partial charge on any atom is 0.304 e. The molecule has 1 saturated carbocycles. The fraction of sp³-hybridized carbons (Fsp3) is 0.500. The van der Waals surface area contributed by atoms with Crippen LogP contribution in [0.2, 0.25) is 0 Å². The molecule has 6 nitrogen and oxygen atoms in total. The van der Waals surface area contributed by atoms with Gasteiger partial charge < -0.3 is 14.4 Å². The Hall–Kier alpha value is -2.51. The fourth-order valence-corrected chi connectivity index (χ4v) is 5.27. The van der Waals surface area contributed by atoms with Crippen molar-refractivity contribution in [2.75, 3.05) is 6.61 Å². The summed E-state index contributed by atoms with van der Waals surface area (Å²) in [5.74, 6) is 0.743. The van der Waals surface area contributed by atoms with Crippen LogP contribution in [-0.2, 0) is 22.6 Å². The first-order valence-electron chi connectivity index (χ1n) is 11.8. The third kappa shape index (κ3) is 6.51. The Morgan fingerprint density at radius 1 is 1.27 bits per heavy atom. The van der Waals surface area contributed by atoms with Gasteiger partial charge in [0, 0.05) is 30.7 Å². The Morgan fingerprint density at radius 2 is 2.06 bits per heavy atom. The predicted octanol–water partition coefficient (Wildman–Crippen LogP) is 6.43. The average Bonchev–Trinajstić information content (AvgIpc) is 3.36. The molecule has 0 bridgehead atoms. The smallest absolute Gasteiger partial charge is 0.304 e. The first kappa shape index (κ1) is 23.6. The van der Waals surface area contributed by atoms with Gasteiger partial charge in [0.15, 0.2) is 5.76 Å². The third-order valence-corrected chi connectivity index (χ3v) is 6.88. The first-order valence-corrected chi connectivity index (χ1v) is 12.6. The molecule has 0 unspecified atom stereocenters. The minimum absolute atomic E-state index is 0.0473. The number of hydrogen-bond acceptors (Lipinski definition) is 6. The molecule has 1 aliphatic carbocycles. The summed E-state index contributed by atoms with van der Waals surface area (Å²) in [5, 5.41) is 15.1. The number of aliphatic carboxylic acids is 1. The standard InChI is InChI=1S/C26H32N2O4S/c1-17(2)13-22-27-15-21(33-22)26-24(19-10-11-19)25(28-32-26)20(14-23(29)30)9-6-12-31-16-18-7-4-3-5-8-18/h3-5,7-8,15,17,19-20H,6,9-14,16H2,1-2H3,(H,29,30)/t20-/m0/s1. The van der Waals surface area contributed by atoms with Gasteiger partial charge in [0.1, 0.15) is 0 Å². The fourth-order valence-electron chi connectivity index (χ4n) is 4.15. The molecule has 1 atom stereocenters. The zero-order chi connectivity index (χ0) is 23.2. The highest BCUT2D eigenvalue weighted by Crippen LogP contribution is 2.49. The van der Waals surface area contributed by atoms with Crippen LogP contribution in [0.25, 0.3) is 10.6 Å². The Balaban J connectivity index is 1.45. The van der Waals surface area contributed by atoms with E-state index in [0.717, 1.165) is 58.1 Å². The van der Waals surface area contributed by atoms with Crippen LogP contribution in [0.3, 0.4) is 0 Å². The van der Waals surface area contributed by atoms with E-state index >= 15 is 0 Å². The highest BCUT2D eigenvalue weighted by molar-refractivity contribution is 7.15. The Kier molecular flexibility index (Phi) is 7.93. The van der Waals surface area contributed by atoms with Crippen LogP contribution in [0.4, 0.5) is 0 Å². The van der Waals surface area contributed by atoms with Gasteiger partial charge in [-0.3, -0.25) is 4.79 Å². The normalized spacial score (nSPS) is 14.6. The average molecular weight is 469 g/mol. The number of hydrogen-bond donors (Lipinski definition) is 1. The molecule has 3 aromatic rings. The van der Waals surface area contributed by atoms with Crippen LogP contribution in [0, 0.1) is 5.92 Å². The Labute approximate surface area is 199 Å². The van der Waals surface area contributed by atoms with Gasteiger partial charge in [-0.05, 0) is 43.1 Å². The second-order valence-electron chi connectivity index (χ2n) is 9.28. The second-order valence-corrected chi connectivity index (χ2v) is 10.4. The van der Waals surface area contributed by atoms with E-state index in [-0.39, 0.29) is 12.3 Å². The van der Waals surface area contributed by atoms with E-state index in [2.05, 4.69) is 24.0 Å². The summed E-state index contributed by atoms with van der Waals surface area (Å²) in [4.78, 5) is 17.2. The lowest BCUT2D eigenvalue weighted by atomic mass is 9.91. The van der Waals surface area contributed by atoms with Gasteiger partial charge in [0.05, 0.1) is 28.6 Å². The van der Waals surface area contributed by atoms with Crippen molar-refractivity contribution in [3.05, 3.63) is 58.4 Å². The van der Waals surface area contributed by atoms with Crippen LogP contribution in [-0.4, -0.2) is 27.8 Å². The van der Waals surface area contributed by atoms with Crippen molar-refractivity contribution in [2.45, 2.75) is 70.8 Å². The number of nitrogens with zero attached hydrogens (tertiary/aromatic N) is 2. The SMILES string of the molecule is CC(C)Cc1ncc(-c2onc([C@@H](CCCOCc3ccccc3)CC(=O)O)c2C2CC2)s1. The summed E-state index contributed by atoms with van der Waals surface area (Å²) in [5.41, 5.74) is 3.06. The number of carboxylic acids is 1. The molecule has 0 amide bonds. The number of carbonyl (C=O) groups is 1. The molecule has 1 N–H and O–H groups in total. The molecule has 0 saturated heterocycles. The lowest BCUT2D eigenvalue weighted by Gasteiger charge is -2.14. The minimum atomic E-state index is -0.812. The van der Waals surface area contributed by atoms with Crippen molar-refractivity contribution in [3.63, 3.8) is 0 Å². The number of ether oxygens (including phenoxy) is 1. The van der Waals surface area contributed by atoms with Gasteiger partial charge in [-0.1, -0.05) is 49.3 Å². The topological polar surface area (TPSA) is 85.5 Å². The summed E-state index contributed by atoms with van der Waals surface area (Å²) in [6, 6.07) is 10.1. The van der Waals surface area contributed by atoms with Gasteiger partial charge in [0.25, 0.3) is 0 Å². The van der Waals surface area contributed by atoms with Crippen molar-refractivity contribution in [1.82, 2.24) is 10.1 Å². The number of carboxylic acid groups (broad SMARTS) is 1. The molecular weight excluding hydrogens is 436 g/mol. The molecule has 1 aliphatic rings. The summed E-state index contributed by atoms with van der Waals surface area (Å²) in [6.45, 7) is 5.52. The minimum Gasteiger partial charge on any atom is -0.481 e. The highest BCUT2D eigenvalue weighted by Gasteiger charge is 2.36. The van der Waals surface area contributed by atoms with Crippen LogP contribution in [0.15, 0.2) is 41.1 Å². The quantitative estimate of drug-likeness (QED) is 0.291. The van der Waals surface area contributed by atoms with E-state index in [1.165, 1.54) is 0 Å². The first-order chi connectivity index (χ1) is 16.0. The van der Waals surface area contributed by atoms with E-state index in [9.17, 15) is 9.90 Å². The third-order valence-electron chi connectivity index (χ3n) is 5.86. The number of rotatable bonds is 13. The molecule has 2 heterocycles. The molecular formula is C26H32N2O4S. The van der Waals surface area contributed by atoms with Crippen molar-refractivity contribution in [1.29, 1.82) is 0 Å². The molecule has 176 valence electrons. The largest absolute Gasteiger partial charge is 0.481 e. The molecule has 1 fully saturated rings. The van der Waals surface area contributed by atoms with E-state index in [4.69, 9.17) is 9.26 Å². The number of benzene rings is 1. The lowest BCUT2D eigenvalue weighted by Crippen LogP contribution is -2.10. The van der Waals surface area contributed by atoms with Gasteiger partial charge in [-0.15, -0.1) is 11.3 Å². The zero-order valence-electron chi connectivity index (χ0n) is 19.3. The molecule has 7 heteroatoms. The van der Waals surface area contributed by atoms with E-state index < -0.39 is 5.97 Å². The van der Waals surface area contributed by atoms with Gasteiger partial charge in [0.2, 0.25) is 0 Å². The van der Waals surface area contributed by atoms with Crippen LogP contribution >= 0.6 is 11.3 Å². The van der Waals surface area contributed by atoms with Crippen LogP contribution < -0.4 is 0 Å². The maximum atomic E-state index is 11.6. The molecule has 1 aromatic carbocycles. The summed E-state index contributed by atoms with van der Waals surface area (Å²) in [6.07, 6.45) is 6.53. The second kappa shape index (κ2) is 11.1.